The van der Waals surface area contributed by atoms with Gasteiger partial charge in [0.15, 0.2) is 0 Å². The van der Waals surface area contributed by atoms with Crippen LogP contribution in [0, 0.1) is 0 Å². The van der Waals surface area contributed by atoms with Crippen molar-refractivity contribution >= 4 is 81.1 Å². The first-order chi connectivity index (χ1) is 28.2. The number of furan rings is 1. The van der Waals surface area contributed by atoms with Crippen LogP contribution in [0.3, 0.4) is 0 Å². The van der Waals surface area contributed by atoms with E-state index < -0.39 is 0 Å². The zero-order chi connectivity index (χ0) is 37.5. The summed E-state index contributed by atoms with van der Waals surface area (Å²) in [6, 6.07) is 64.9. The molecule has 0 saturated carbocycles. The molecule has 270 valence electrons. The Labute approximate surface area is 332 Å². The van der Waals surface area contributed by atoms with Gasteiger partial charge in [-0.15, -0.1) is 11.3 Å². The van der Waals surface area contributed by atoms with Crippen molar-refractivity contribution in [1.82, 2.24) is 15.2 Å². The average Bonchev–Trinajstić information content (AvgIpc) is 3.95. The van der Waals surface area contributed by atoms with Crippen molar-refractivity contribution in [3.05, 3.63) is 199 Å². The predicted molar refractivity (Wildman–Crippen MR) is 238 cm³/mol. The fraction of sp³-hybridized carbons (Fsp3) is 0.0392. The molecular formula is C51H34N4OS. The number of benzene rings is 8. The Morgan fingerprint density at radius 2 is 1.23 bits per heavy atom. The Kier molecular flexibility index (Phi) is 7.24. The number of aliphatic imine (C=N–C) groups is 1. The lowest BCUT2D eigenvalue weighted by atomic mass is 10.00. The van der Waals surface area contributed by atoms with Crippen molar-refractivity contribution in [3.8, 4) is 16.8 Å². The van der Waals surface area contributed by atoms with Gasteiger partial charge in [-0.1, -0.05) is 140 Å². The Morgan fingerprint density at radius 1 is 0.509 bits per heavy atom. The van der Waals surface area contributed by atoms with E-state index in [-0.39, 0.29) is 12.3 Å². The minimum absolute atomic E-state index is 0.106. The highest BCUT2D eigenvalue weighted by atomic mass is 32.1. The van der Waals surface area contributed by atoms with E-state index in [9.17, 15) is 0 Å². The summed E-state index contributed by atoms with van der Waals surface area (Å²) in [5, 5.41) is 14.6. The molecule has 6 heteroatoms. The van der Waals surface area contributed by atoms with Gasteiger partial charge in [0.2, 0.25) is 0 Å². The summed E-state index contributed by atoms with van der Waals surface area (Å²) in [5.74, 6) is 0.861. The molecule has 5 nitrogen and oxygen atoms in total. The van der Waals surface area contributed by atoms with Gasteiger partial charge in [0.25, 0.3) is 0 Å². The van der Waals surface area contributed by atoms with E-state index >= 15 is 0 Å². The molecule has 8 aromatic carbocycles. The van der Waals surface area contributed by atoms with E-state index in [1.807, 2.05) is 23.5 Å². The standard InChI is InChI=1S/C51H34N4OS/c1-3-12-31(13-4-1)49-52-50(32-14-5-2-6-15-32)54-51(53-49)34-22-25-39-41-19-11-18-36(48(41)56-45(39)29-34)33-23-27-46-42(28-33)40-26-24-35(30-47(40)57-46)55-43-20-9-7-16-37(43)38-17-8-10-21-44(38)55/h1-30,49,51,53H,(H,52,54). The Bertz CT molecular complexity index is 3320. The van der Waals surface area contributed by atoms with Crippen molar-refractivity contribution < 1.29 is 4.42 Å². The third-order valence-corrected chi connectivity index (χ3v) is 12.6. The summed E-state index contributed by atoms with van der Waals surface area (Å²) < 4.78 is 11.7. The summed E-state index contributed by atoms with van der Waals surface area (Å²) in [6.45, 7) is 0. The van der Waals surface area contributed by atoms with Crippen LogP contribution in [0.15, 0.2) is 191 Å². The number of thiophene rings is 1. The Hall–Kier alpha value is -6.99. The van der Waals surface area contributed by atoms with Crippen LogP contribution in [-0.2, 0) is 0 Å². The number of nitrogens with zero attached hydrogens (tertiary/aromatic N) is 2. The average molecular weight is 751 g/mol. The summed E-state index contributed by atoms with van der Waals surface area (Å²) in [4.78, 5) is 5.17. The van der Waals surface area contributed by atoms with Crippen molar-refractivity contribution in [1.29, 1.82) is 0 Å². The van der Waals surface area contributed by atoms with Gasteiger partial charge in [-0.2, -0.15) is 0 Å². The number of amidine groups is 1. The second-order valence-electron chi connectivity index (χ2n) is 14.8. The molecule has 0 fully saturated rings. The SMILES string of the molecule is c1ccc(C2=NC(c3ccc4c(c3)oc3c(-c5ccc6sc7cc(-n8c9ccccc9c9ccccc98)ccc7c6c5)cccc34)NC(c3ccccc3)N2)cc1. The third kappa shape index (κ3) is 5.22. The van der Waals surface area contributed by atoms with Crippen LogP contribution in [0.4, 0.5) is 0 Å². The number of hydrogen-bond donors (Lipinski definition) is 2. The molecular weight excluding hydrogens is 717 g/mol. The Morgan fingerprint density at radius 3 is 2.04 bits per heavy atom. The second-order valence-corrected chi connectivity index (χ2v) is 15.9. The van der Waals surface area contributed by atoms with Gasteiger partial charge < -0.3 is 14.3 Å². The molecule has 0 spiro atoms. The molecule has 0 saturated heterocycles. The molecule has 4 heterocycles. The minimum atomic E-state index is -0.270. The molecule has 57 heavy (non-hydrogen) atoms. The lowest BCUT2D eigenvalue weighted by Gasteiger charge is -2.32. The highest BCUT2D eigenvalue weighted by Crippen LogP contribution is 2.42. The molecule has 0 radical (unpaired) electrons. The summed E-state index contributed by atoms with van der Waals surface area (Å²) in [5.41, 5.74) is 10.8. The summed E-state index contributed by atoms with van der Waals surface area (Å²) in [7, 11) is 0. The van der Waals surface area contributed by atoms with Crippen LogP contribution in [-0.4, -0.2) is 10.4 Å². The quantitative estimate of drug-likeness (QED) is 0.184. The van der Waals surface area contributed by atoms with E-state index in [1.54, 1.807) is 0 Å². The van der Waals surface area contributed by atoms with Crippen LogP contribution in [0.25, 0.3) is 80.7 Å². The van der Waals surface area contributed by atoms with Gasteiger partial charge in [0.05, 0.1) is 11.0 Å². The predicted octanol–water partition coefficient (Wildman–Crippen LogP) is 13.1. The number of fused-ring (bicyclic) bond motifs is 9. The number of para-hydroxylation sites is 3. The topological polar surface area (TPSA) is 54.5 Å². The molecule has 2 N–H and O–H groups in total. The van der Waals surface area contributed by atoms with Crippen molar-refractivity contribution in [2.24, 2.45) is 4.99 Å². The summed E-state index contributed by atoms with van der Waals surface area (Å²) >= 11 is 1.85. The first kappa shape index (κ1) is 32.3. The van der Waals surface area contributed by atoms with Crippen LogP contribution in [0.5, 0.6) is 0 Å². The van der Waals surface area contributed by atoms with Gasteiger partial charge in [0, 0.05) is 58.5 Å². The molecule has 0 bridgehead atoms. The van der Waals surface area contributed by atoms with E-state index in [1.165, 1.54) is 47.7 Å². The van der Waals surface area contributed by atoms with Crippen molar-refractivity contribution in [2.45, 2.75) is 12.3 Å². The monoisotopic (exact) mass is 750 g/mol. The van der Waals surface area contributed by atoms with Gasteiger partial charge in [-0.3, -0.25) is 5.32 Å². The van der Waals surface area contributed by atoms with E-state index in [0.29, 0.717) is 0 Å². The highest BCUT2D eigenvalue weighted by molar-refractivity contribution is 7.25. The summed E-state index contributed by atoms with van der Waals surface area (Å²) in [6.07, 6.45) is -0.376. The van der Waals surface area contributed by atoms with Crippen LogP contribution in [0.1, 0.15) is 29.0 Å². The molecule has 0 amide bonds. The van der Waals surface area contributed by atoms with Gasteiger partial charge in [-0.05, 0) is 59.2 Å². The van der Waals surface area contributed by atoms with E-state index in [4.69, 9.17) is 9.41 Å². The molecule has 1 aliphatic rings. The maximum atomic E-state index is 6.81. The normalized spacial score (nSPS) is 15.9. The maximum absolute atomic E-state index is 6.81. The number of nitrogens with one attached hydrogen (secondary N) is 2. The smallest absolute Gasteiger partial charge is 0.143 e. The fourth-order valence-corrected chi connectivity index (χ4v) is 9.89. The molecule has 11 aromatic rings. The van der Waals surface area contributed by atoms with Crippen LogP contribution < -0.4 is 10.6 Å². The van der Waals surface area contributed by atoms with E-state index in [2.05, 4.69) is 185 Å². The lowest BCUT2D eigenvalue weighted by molar-refractivity contribution is 0.409. The first-order valence-corrected chi connectivity index (χ1v) is 20.2. The number of rotatable bonds is 5. The van der Waals surface area contributed by atoms with Crippen LogP contribution in [0.2, 0.25) is 0 Å². The maximum Gasteiger partial charge on any atom is 0.143 e. The lowest BCUT2D eigenvalue weighted by Crippen LogP contribution is -2.44. The highest BCUT2D eigenvalue weighted by Gasteiger charge is 2.26. The van der Waals surface area contributed by atoms with E-state index in [0.717, 1.165) is 55.6 Å². The van der Waals surface area contributed by atoms with Crippen LogP contribution >= 0.6 is 11.3 Å². The van der Waals surface area contributed by atoms with Gasteiger partial charge >= 0.3 is 0 Å². The number of hydrogen-bond acceptors (Lipinski definition) is 5. The minimum Gasteiger partial charge on any atom is -0.455 e. The molecule has 0 aliphatic carbocycles. The second kappa shape index (κ2) is 12.8. The van der Waals surface area contributed by atoms with Gasteiger partial charge in [-0.25, -0.2) is 4.99 Å². The largest absolute Gasteiger partial charge is 0.455 e. The third-order valence-electron chi connectivity index (χ3n) is 11.5. The molecule has 2 atom stereocenters. The Balaban J connectivity index is 0.934. The molecule has 12 rings (SSSR count). The zero-order valence-electron chi connectivity index (χ0n) is 30.7. The van der Waals surface area contributed by atoms with Crippen molar-refractivity contribution in [2.75, 3.05) is 0 Å². The van der Waals surface area contributed by atoms with Crippen molar-refractivity contribution in [3.63, 3.8) is 0 Å². The first-order valence-electron chi connectivity index (χ1n) is 19.3. The molecule has 1 aliphatic heterocycles. The molecule has 2 unspecified atom stereocenters. The zero-order valence-corrected chi connectivity index (χ0v) is 31.5. The molecule has 3 aromatic heterocycles. The number of aromatic nitrogens is 1. The fourth-order valence-electron chi connectivity index (χ4n) is 8.78. The van der Waals surface area contributed by atoms with Gasteiger partial charge in [0.1, 0.15) is 29.3 Å².